The van der Waals surface area contributed by atoms with Crippen LogP contribution in [0.5, 0.6) is 0 Å². The van der Waals surface area contributed by atoms with Gasteiger partial charge in [0.1, 0.15) is 5.70 Å². The maximum Gasteiger partial charge on any atom is 0.300 e. The van der Waals surface area contributed by atoms with E-state index in [2.05, 4.69) is 10.1 Å². The first-order valence-corrected chi connectivity index (χ1v) is 9.00. The van der Waals surface area contributed by atoms with E-state index in [4.69, 9.17) is 0 Å². The largest absolute Gasteiger partial charge is 0.300 e. The summed E-state index contributed by atoms with van der Waals surface area (Å²) in [6, 6.07) is 29.3. The average Bonchev–Trinajstić information content (AvgIpc) is 3.27. The van der Waals surface area contributed by atoms with Crippen LogP contribution in [0.1, 0.15) is 11.1 Å². The Labute approximate surface area is 162 Å². The van der Waals surface area contributed by atoms with Gasteiger partial charge < -0.3 is 0 Å². The first-order chi connectivity index (χ1) is 13.8. The van der Waals surface area contributed by atoms with Crippen molar-refractivity contribution in [2.24, 2.45) is 10.1 Å². The highest BCUT2D eigenvalue weighted by atomic mass is 16.2. The monoisotopic (exact) mass is 364 g/mol. The van der Waals surface area contributed by atoms with Crippen molar-refractivity contribution in [3.05, 3.63) is 108 Å². The highest BCUT2D eigenvalue weighted by Gasteiger charge is 2.42. The van der Waals surface area contributed by atoms with Crippen LogP contribution in [0.2, 0.25) is 0 Å². The van der Waals surface area contributed by atoms with E-state index < -0.39 is 0 Å². The molecule has 0 N–H and O–H groups in total. The van der Waals surface area contributed by atoms with Crippen molar-refractivity contribution in [3.8, 4) is 0 Å². The van der Waals surface area contributed by atoms with E-state index in [-0.39, 0.29) is 5.91 Å². The molecule has 0 saturated heterocycles. The molecule has 5 heteroatoms. The molecule has 134 valence electrons. The number of rotatable bonds is 3. The van der Waals surface area contributed by atoms with Gasteiger partial charge in [-0.3, -0.25) is 9.69 Å². The normalized spacial score (nSPS) is 17.0. The van der Waals surface area contributed by atoms with Gasteiger partial charge in [0.2, 0.25) is 5.96 Å². The van der Waals surface area contributed by atoms with Gasteiger partial charge >= 0.3 is 0 Å². The summed E-state index contributed by atoms with van der Waals surface area (Å²) in [5, 5.41) is 5.98. The summed E-state index contributed by atoms with van der Waals surface area (Å²) < 4.78 is 0. The third-order valence-corrected chi connectivity index (χ3v) is 4.58. The molecule has 0 radical (unpaired) electrons. The van der Waals surface area contributed by atoms with Gasteiger partial charge in [-0.1, -0.05) is 78.9 Å². The lowest BCUT2D eigenvalue weighted by Crippen LogP contribution is -2.36. The first-order valence-electron chi connectivity index (χ1n) is 9.00. The number of guanidine groups is 1. The van der Waals surface area contributed by atoms with Crippen LogP contribution < -0.4 is 4.90 Å². The standard InChI is InChI=1S/C23H16N4O/c28-22-20(16-17-10-4-1-5-11-17)24-23-26(19-14-8-3-9-15-19)21(25-27(22)23)18-12-6-2-7-13-18/h1-16H/b20-16-. The van der Waals surface area contributed by atoms with E-state index >= 15 is 0 Å². The van der Waals surface area contributed by atoms with Crippen LogP contribution in [0.25, 0.3) is 6.08 Å². The molecule has 0 unspecified atom stereocenters. The molecule has 28 heavy (non-hydrogen) atoms. The SMILES string of the molecule is O=C1/C(=C/c2ccccc2)N=C2N1N=C(c1ccccc1)N2c1ccccc1. The smallest absolute Gasteiger partial charge is 0.265 e. The molecular formula is C23H16N4O. The number of hydrogen-bond acceptors (Lipinski definition) is 4. The molecule has 2 heterocycles. The van der Waals surface area contributed by atoms with Crippen LogP contribution in [-0.4, -0.2) is 22.7 Å². The number of aliphatic imine (C=N–C) groups is 1. The van der Waals surface area contributed by atoms with Crippen molar-refractivity contribution < 1.29 is 4.79 Å². The molecule has 0 saturated carbocycles. The number of hydrazone groups is 1. The van der Waals surface area contributed by atoms with E-state index in [9.17, 15) is 4.79 Å². The van der Waals surface area contributed by atoms with Crippen molar-refractivity contribution >= 4 is 29.5 Å². The van der Waals surface area contributed by atoms with Gasteiger partial charge in [0.25, 0.3) is 5.91 Å². The predicted octanol–water partition coefficient (Wildman–Crippen LogP) is 4.11. The van der Waals surface area contributed by atoms with Crippen molar-refractivity contribution in [1.29, 1.82) is 0 Å². The Bertz CT molecular complexity index is 1120. The molecule has 2 aliphatic heterocycles. The Balaban J connectivity index is 1.61. The minimum Gasteiger partial charge on any atom is -0.265 e. The van der Waals surface area contributed by atoms with Gasteiger partial charge in [0.15, 0.2) is 5.84 Å². The number of para-hydroxylation sites is 1. The fourth-order valence-corrected chi connectivity index (χ4v) is 3.26. The molecule has 0 spiro atoms. The van der Waals surface area contributed by atoms with E-state index in [0.29, 0.717) is 17.5 Å². The summed E-state index contributed by atoms with van der Waals surface area (Å²) in [5.74, 6) is 0.945. The van der Waals surface area contributed by atoms with E-state index in [1.54, 1.807) is 6.08 Å². The van der Waals surface area contributed by atoms with Crippen LogP contribution in [0.3, 0.4) is 0 Å². The first kappa shape index (κ1) is 16.2. The lowest BCUT2D eigenvalue weighted by atomic mass is 10.2. The number of carbonyl (C=O) groups is 1. The molecule has 0 fully saturated rings. The van der Waals surface area contributed by atoms with Gasteiger partial charge in [0, 0.05) is 5.56 Å². The summed E-state index contributed by atoms with van der Waals surface area (Å²) >= 11 is 0. The highest BCUT2D eigenvalue weighted by molar-refractivity contribution is 6.33. The van der Waals surface area contributed by atoms with E-state index in [1.165, 1.54) is 5.01 Å². The molecule has 3 aromatic carbocycles. The Morgan fingerprint density at radius 3 is 2.04 bits per heavy atom. The lowest BCUT2D eigenvalue weighted by Gasteiger charge is -2.19. The van der Waals surface area contributed by atoms with Crippen molar-refractivity contribution in [2.45, 2.75) is 0 Å². The molecule has 5 rings (SSSR count). The number of nitrogens with zero attached hydrogens (tertiary/aromatic N) is 4. The second-order valence-corrected chi connectivity index (χ2v) is 6.43. The summed E-state index contributed by atoms with van der Waals surface area (Å²) in [7, 11) is 0. The fraction of sp³-hybridized carbons (Fsp3) is 0. The minimum absolute atomic E-state index is 0.231. The van der Waals surface area contributed by atoms with Crippen LogP contribution in [0.4, 0.5) is 5.69 Å². The Hall–Kier alpha value is -3.99. The van der Waals surface area contributed by atoms with Gasteiger partial charge in [-0.05, 0) is 23.8 Å². The maximum absolute atomic E-state index is 13.0. The maximum atomic E-state index is 13.0. The molecule has 3 aromatic rings. The molecule has 0 bridgehead atoms. The van der Waals surface area contributed by atoms with Gasteiger partial charge in [0.05, 0.1) is 5.69 Å². The second kappa shape index (κ2) is 6.63. The van der Waals surface area contributed by atoms with Crippen LogP contribution >= 0.6 is 0 Å². The summed E-state index contributed by atoms with van der Waals surface area (Å²) in [4.78, 5) is 19.5. The molecule has 0 atom stereocenters. The van der Waals surface area contributed by atoms with Gasteiger partial charge in [-0.25, -0.2) is 4.99 Å². The zero-order valence-electron chi connectivity index (χ0n) is 14.9. The average molecular weight is 364 g/mol. The quantitative estimate of drug-likeness (QED) is 0.657. The molecular weight excluding hydrogens is 348 g/mol. The van der Waals surface area contributed by atoms with Crippen LogP contribution in [-0.2, 0) is 4.79 Å². The number of benzene rings is 3. The van der Waals surface area contributed by atoms with Crippen LogP contribution in [0.15, 0.2) is 107 Å². The fourth-order valence-electron chi connectivity index (χ4n) is 3.26. The topological polar surface area (TPSA) is 48.3 Å². The Kier molecular flexibility index (Phi) is 3.84. The highest BCUT2D eigenvalue weighted by Crippen LogP contribution is 2.30. The number of anilines is 1. The second-order valence-electron chi connectivity index (χ2n) is 6.43. The zero-order valence-corrected chi connectivity index (χ0v) is 14.9. The van der Waals surface area contributed by atoms with Gasteiger partial charge in [-0.15, -0.1) is 5.10 Å². The number of fused-ring (bicyclic) bond motifs is 1. The lowest BCUT2D eigenvalue weighted by molar-refractivity contribution is -0.122. The zero-order chi connectivity index (χ0) is 18.9. The summed E-state index contributed by atoms with van der Waals surface area (Å²) in [5.41, 5.74) is 3.12. The third kappa shape index (κ3) is 2.70. The minimum atomic E-state index is -0.231. The van der Waals surface area contributed by atoms with Crippen molar-refractivity contribution in [3.63, 3.8) is 0 Å². The van der Waals surface area contributed by atoms with Crippen molar-refractivity contribution in [2.75, 3.05) is 4.90 Å². The third-order valence-electron chi connectivity index (χ3n) is 4.58. The molecule has 5 nitrogen and oxygen atoms in total. The number of amides is 1. The van der Waals surface area contributed by atoms with Crippen LogP contribution in [0, 0.1) is 0 Å². The molecule has 0 aromatic heterocycles. The predicted molar refractivity (Wildman–Crippen MR) is 111 cm³/mol. The van der Waals surface area contributed by atoms with Gasteiger partial charge in [-0.2, -0.15) is 5.01 Å². The summed E-state index contributed by atoms with van der Waals surface area (Å²) in [6.45, 7) is 0. The molecule has 2 aliphatic rings. The molecule has 0 aliphatic carbocycles. The Morgan fingerprint density at radius 2 is 1.36 bits per heavy atom. The number of carbonyl (C=O) groups excluding carboxylic acids is 1. The number of hydrogen-bond donors (Lipinski definition) is 0. The van der Waals surface area contributed by atoms with Crippen molar-refractivity contribution in [1.82, 2.24) is 5.01 Å². The van der Waals surface area contributed by atoms with E-state index in [1.807, 2.05) is 95.9 Å². The van der Waals surface area contributed by atoms with E-state index in [0.717, 1.165) is 16.8 Å². The summed E-state index contributed by atoms with van der Waals surface area (Å²) in [6.07, 6.45) is 1.79. The Morgan fingerprint density at radius 1 is 0.750 bits per heavy atom. The number of amidine groups is 1. The molecule has 1 amide bonds.